The Balaban J connectivity index is 0.635. The topological polar surface area (TPSA) is 334 Å². The van der Waals surface area contributed by atoms with Crippen LogP contribution in [-0.4, -0.2) is 201 Å². The van der Waals surface area contributed by atoms with Crippen molar-refractivity contribution in [1.29, 1.82) is 0 Å². The molecule has 4 aromatic carbocycles. The van der Waals surface area contributed by atoms with Crippen LogP contribution in [0.3, 0.4) is 0 Å². The number of aromatic nitrogens is 6. The molecule has 86 heavy (non-hydrogen) atoms. The number of hydrogen-bond donors (Lipinski definition) is 9. The normalized spacial score (nSPS) is 18.7. The van der Waals surface area contributed by atoms with E-state index in [0.29, 0.717) is 78.3 Å². The van der Waals surface area contributed by atoms with Gasteiger partial charge < -0.3 is 79.7 Å². The number of hydrogen-bond acceptors (Lipinski definition) is 20. The third-order valence-electron chi connectivity index (χ3n) is 15.4. The molecule has 6 aromatic rings. The molecule has 9 N–H and O–H groups in total. The lowest BCUT2D eigenvalue weighted by Crippen LogP contribution is -2.54. The number of aryl methyl sites for hydroxylation is 1. The standard InChI is InChI=1S/C60H75N11O15/c1-61-49(27-40-33-69(67-65-40)20-9-8-12-50(71(2,3)4)57(79)63-31-39(37-10-6-5-7-11-37)36-83-59-54(76)51(75)30-44(35-72)84-59)56(78)62-19-22-81-24-25-82-23-21-70-34-41(66-68-70)32-64-55(77)38-13-16-46-45(26-38)58(80)86-60(46)47-17-14-42(73)28-52(47)85-53-29-43(74)15-18-48(53)60/h5-7,10-11,13-18,26,28-29,33-34,39,44,49-51,54,59,61,72,75-76H,8-9,12,19-25,27,30-32,35-36H2,1-4H3,(H4-,62,63,64,73,74,77,78,79)/p+1/t39?,44-,49-,50-,51-,54+,59+/m0/s1. The molecule has 1 saturated heterocycles. The Bertz CT molecular complexity index is 3230. The second kappa shape index (κ2) is 28.5. The number of carbonyl (C=O) groups is 4. The van der Waals surface area contributed by atoms with Gasteiger partial charge in [-0.15, -0.1) is 10.2 Å². The minimum Gasteiger partial charge on any atom is -0.508 e. The average molecular weight is 1190 g/mol. The number of phenolic OH excluding ortho intramolecular Hbond substituents is 2. The molecule has 1 fully saturated rings. The Morgan fingerprint density at radius 3 is 2.16 bits per heavy atom. The predicted octanol–water partition coefficient (Wildman–Crippen LogP) is 1.75. The van der Waals surface area contributed by atoms with Gasteiger partial charge in [0.25, 0.3) is 11.8 Å². The van der Waals surface area contributed by atoms with Gasteiger partial charge in [0.15, 0.2) is 17.9 Å². The quantitative estimate of drug-likeness (QED) is 0.0176. The number of aromatic hydroxyl groups is 2. The molecule has 3 amide bonds. The van der Waals surface area contributed by atoms with Gasteiger partial charge in [0.1, 0.15) is 34.8 Å². The fraction of sp³-hybridized carbons (Fsp3) is 0.467. The van der Waals surface area contributed by atoms with E-state index in [1.165, 1.54) is 30.3 Å². The summed E-state index contributed by atoms with van der Waals surface area (Å²) in [5.74, 6) is -1.32. The molecule has 26 heteroatoms. The van der Waals surface area contributed by atoms with Crippen molar-refractivity contribution in [1.82, 2.24) is 51.3 Å². The maximum Gasteiger partial charge on any atom is 0.340 e. The summed E-state index contributed by atoms with van der Waals surface area (Å²) in [6.07, 6.45) is 1.87. The monoisotopic (exact) mass is 1190 g/mol. The number of benzene rings is 4. The van der Waals surface area contributed by atoms with Gasteiger partial charge in [-0.05, 0) is 61.9 Å². The number of likely N-dealkylation sites (N-methyl/N-ethyl adjacent to an activating group) is 2. The van der Waals surface area contributed by atoms with Crippen LogP contribution in [0.2, 0.25) is 0 Å². The Kier molecular flexibility index (Phi) is 20.8. The molecule has 2 aromatic heterocycles. The van der Waals surface area contributed by atoms with Crippen molar-refractivity contribution in [2.75, 3.05) is 80.9 Å². The van der Waals surface area contributed by atoms with Crippen LogP contribution in [0.4, 0.5) is 0 Å². The molecule has 1 unspecified atom stereocenters. The Labute approximate surface area is 496 Å². The fourth-order valence-corrected chi connectivity index (χ4v) is 10.8. The number of amides is 3. The van der Waals surface area contributed by atoms with E-state index in [1.807, 2.05) is 57.7 Å². The predicted molar refractivity (Wildman–Crippen MR) is 307 cm³/mol. The number of quaternary nitrogens is 1. The van der Waals surface area contributed by atoms with Crippen molar-refractivity contribution in [3.05, 3.63) is 142 Å². The van der Waals surface area contributed by atoms with Crippen molar-refractivity contribution < 1.29 is 77.6 Å². The minimum atomic E-state index is -1.45. The summed E-state index contributed by atoms with van der Waals surface area (Å²) in [5.41, 5.74) is 2.46. The number of aliphatic hydroxyl groups is 3. The van der Waals surface area contributed by atoms with Crippen molar-refractivity contribution in [2.24, 2.45) is 0 Å². The van der Waals surface area contributed by atoms with Gasteiger partial charge in [0.05, 0.1) is 110 Å². The first-order valence-electron chi connectivity index (χ1n) is 28.7. The van der Waals surface area contributed by atoms with E-state index < -0.39 is 48.1 Å². The number of phenols is 2. The fourth-order valence-electron chi connectivity index (χ4n) is 10.8. The Hall–Kier alpha value is -7.92. The van der Waals surface area contributed by atoms with Gasteiger partial charge in [-0.2, -0.15) is 0 Å². The van der Waals surface area contributed by atoms with Gasteiger partial charge in [-0.25, -0.2) is 9.48 Å². The summed E-state index contributed by atoms with van der Waals surface area (Å²) < 4.78 is 38.9. The second-order valence-electron chi connectivity index (χ2n) is 22.4. The number of nitrogens with one attached hydrogen (secondary N) is 4. The summed E-state index contributed by atoms with van der Waals surface area (Å²) in [4.78, 5) is 53.7. The third kappa shape index (κ3) is 15.2. The molecule has 0 saturated carbocycles. The van der Waals surface area contributed by atoms with Crippen molar-refractivity contribution >= 4 is 23.7 Å². The number of esters is 1. The Morgan fingerprint density at radius 2 is 1.47 bits per heavy atom. The van der Waals surface area contributed by atoms with E-state index in [1.54, 1.807) is 46.9 Å². The third-order valence-corrected chi connectivity index (χ3v) is 15.4. The number of ether oxygens (including phenoxy) is 6. The second-order valence-corrected chi connectivity index (χ2v) is 22.4. The van der Waals surface area contributed by atoms with Crippen LogP contribution in [0.25, 0.3) is 0 Å². The lowest BCUT2D eigenvalue weighted by atomic mass is 9.77. The summed E-state index contributed by atoms with van der Waals surface area (Å²) in [7, 11) is 7.66. The highest BCUT2D eigenvalue weighted by atomic mass is 16.7. The van der Waals surface area contributed by atoms with Gasteiger partial charge in [0.2, 0.25) is 5.91 Å². The highest BCUT2D eigenvalue weighted by molar-refractivity contribution is 6.01. The van der Waals surface area contributed by atoms with E-state index >= 15 is 0 Å². The van der Waals surface area contributed by atoms with Crippen LogP contribution in [0.1, 0.15) is 86.0 Å². The maximum atomic E-state index is 13.8. The zero-order chi connectivity index (χ0) is 61.0. The average Bonchev–Trinajstić information content (AvgIpc) is 1.45. The molecule has 0 radical (unpaired) electrons. The first-order valence-corrected chi connectivity index (χ1v) is 28.7. The van der Waals surface area contributed by atoms with Crippen LogP contribution in [0, 0.1) is 0 Å². The van der Waals surface area contributed by atoms with E-state index in [0.717, 1.165) is 18.4 Å². The van der Waals surface area contributed by atoms with Gasteiger partial charge >= 0.3 is 5.97 Å². The van der Waals surface area contributed by atoms with E-state index in [-0.39, 0.29) is 104 Å². The minimum absolute atomic E-state index is 0.0579. The number of fused-ring (bicyclic) bond motifs is 6. The van der Waals surface area contributed by atoms with E-state index in [4.69, 9.17) is 28.4 Å². The molecule has 9 rings (SSSR count). The molecule has 1 spiro atoms. The van der Waals surface area contributed by atoms with Crippen molar-refractivity contribution in [2.45, 2.75) is 99.9 Å². The van der Waals surface area contributed by atoms with Gasteiger partial charge in [-0.3, -0.25) is 19.1 Å². The van der Waals surface area contributed by atoms with E-state index in [2.05, 4.69) is 41.9 Å². The Morgan fingerprint density at radius 1 is 0.791 bits per heavy atom. The molecule has 0 bridgehead atoms. The van der Waals surface area contributed by atoms with Crippen LogP contribution in [0.5, 0.6) is 23.0 Å². The number of carbonyl (C=O) groups excluding carboxylic acids is 4. The maximum absolute atomic E-state index is 13.8. The first-order chi connectivity index (χ1) is 41.4. The summed E-state index contributed by atoms with van der Waals surface area (Å²) >= 11 is 0. The van der Waals surface area contributed by atoms with E-state index in [9.17, 15) is 44.7 Å². The number of aliphatic hydroxyl groups excluding tert-OH is 3. The molecule has 460 valence electrons. The van der Waals surface area contributed by atoms with Crippen LogP contribution in [0.15, 0.2) is 97.3 Å². The zero-order valence-corrected chi connectivity index (χ0v) is 48.5. The molecular formula is C60H76N11O15+. The molecule has 3 aliphatic heterocycles. The summed E-state index contributed by atoms with van der Waals surface area (Å²) in [6.45, 7) is 2.56. The largest absolute Gasteiger partial charge is 0.508 e. The molecule has 5 heterocycles. The number of unbranched alkanes of at least 4 members (excludes halogenated alkanes) is 1. The lowest BCUT2D eigenvalue weighted by Gasteiger charge is -2.37. The molecule has 7 atom stereocenters. The van der Waals surface area contributed by atoms with Crippen LogP contribution < -0.4 is 26.0 Å². The van der Waals surface area contributed by atoms with Crippen molar-refractivity contribution in [3.63, 3.8) is 0 Å². The summed E-state index contributed by atoms with van der Waals surface area (Å²) in [5, 5.41) is 79.6. The zero-order valence-electron chi connectivity index (χ0n) is 48.5. The molecular weight excluding hydrogens is 1110 g/mol. The van der Waals surface area contributed by atoms with Crippen LogP contribution >= 0.6 is 0 Å². The number of nitrogens with zero attached hydrogens (tertiary/aromatic N) is 7. The molecule has 26 nitrogen and oxygen atoms in total. The highest BCUT2D eigenvalue weighted by Gasteiger charge is 2.54. The SMILES string of the molecule is CN[C@@H](Cc1cn(CCCC[C@@H](C(=O)NCC(CO[C@@H]2O[C@H](CO)C[C@H](O)[C@H]2O)c2ccccc2)[N+](C)(C)C)nn1)C(=O)NCCOCCOCCn1cc(CNC(=O)c2ccc3c(c2)C(=O)OC32c3ccc(O)cc3Oc3cc(O)ccc32)nn1. The molecule has 0 aliphatic carbocycles. The smallest absolute Gasteiger partial charge is 0.340 e. The van der Waals surface area contributed by atoms with Crippen LogP contribution in [-0.2, 0) is 64.9 Å². The first kappa shape index (κ1) is 62.6. The molecule has 3 aliphatic rings. The van der Waals surface area contributed by atoms with Crippen molar-refractivity contribution in [3.8, 4) is 23.0 Å². The van der Waals surface area contributed by atoms with Gasteiger partial charge in [0, 0.05) is 85.4 Å². The summed E-state index contributed by atoms with van der Waals surface area (Å²) in [6, 6.07) is 22.4. The van der Waals surface area contributed by atoms with Gasteiger partial charge in [-0.1, -0.05) is 46.8 Å². The number of rotatable bonds is 30. The lowest BCUT2D eigenvalue weighted by molar-refractivity contribution is -0.886. The highest BCUT2D eigenvalue weighted by Crippen LogP contribution is 2.57.